The number of aliphatic carboxylic acids is 1. The number of carbonyl (C=O) groups excluding carboxylic acids is 1. The molecule has 8 heteroatoms. The molecular formula is C35H51NO5S2. The van der Waals surface area contributed by atoms with E-state index in [0.717, 1.165) is 32.0 Å². The Morgan fingerprint density at radius 2 is 1.00 bits per heavy atom. The lowest BCUT2D eigenvalue weighted by molar-refractivity contribution is -0.142. The molecule has 0 heterocycles. The van der Waals surface area contributed by atoms with Crippen LogP contribution < -0.4 is 4.74 Å². The molecule has 0 aliphatic carbocycles. The molecule has 0 atom stereocenters. The largest absolute Gasteiger partial charge is 0.481 e. The van der Waals surface area contributed by atoms with Crippen molar-refractivity contribution in [3.05, 3.63) is 51.4 Å². The molecule has 0 aromatic heterocycles. The van der Waals surface area contributed by atoms with Crippen molar-refractivity contribution in [1.82, 2.24) is 0 Å². The molecule has 2 rings (SSSR count). The first-order chi connectivity index (χ1) is 19.3. The van der Waals surface area contributed by atoms with Gasteiger partial charge < -0.3 is 9.84 Å². The highest BCUT2D eigenvalue weighted by molar-refractivity contribution is 8.18. The monoisotopic (exact) mass is 629 g/mol. The van der Waals surface area contributed by atoms with Crippen molar-refractivity contribution >= 4 is 41.1 Å². The van der Waals surface area contributed by atoms with Crippen LogP contribution >= 0.6 is 23.5 Å². The standard InChI is InChI=1S/C35H51NO5S2/c1-31(2,3)23-17-21(18-24(29(23)36-40)32(4,5)6)42-35(13,14)43-22-19-25(33(7,8)9)30(26(20-22)34(10,11)12)41-28(39)16-15-27(37)38/h17-20H,15-16H2,1-14H3,(H,37,38). The van der Waals surface area contributed by atoms with Gasteiger partial charge in [0, 0.05) is 20.9 Å². The van der Waals surface area contributed by atoms with Gasteiger partial charge in [0.2, 0.25) is 0 Å². The number of esters is 1. The summed E-state index contributed by atoms with van der Waals surface area (Å²) in [5, 5.41) is 12.5. The molecule has 0 aliphatic heterocycles. The summed E-state index contributed by atoms with van der Waals surface area (Å²) in [5.74, 6) is -1.06. The van der Waals surface area contributed by atoms with Crippen LogP contribution in [0.15, 0.2) is 39.2 Å². The number of nitrogens with zero attached hydrogens (tertiary/aromatic N) is 1. The molecule has 0 amide bonds. The predicted molar refractivity (Wildman–Crippen MR) is 181 cm³/mol. The maximum absolute atomic E-state index is 12.7. The first kappa shape index (κ1) is 36.9. The number of carboxylic acid groups (broad SMARTS) is 1. The molecule has 0 unspecified atom stereocenters. The fourth-order valence-corrected chi connectivity index (χ4v) is 7.34. The molecule has 0 saturated carbocycles. The number of rotatable bonds is 9. The van der Waals surface area contributed by atoms with Gasteiger partial charge in [-0.3, -0.25) is 9.59 Å². The number of hydrogen-bond acceptors (Lipinski definition) is 7. The van der Waals surface area contributed by atoms with Crippen LogP contribution in [-0.2, 0) is 31.2 Å². The second-order valence-corrected chi connectivity index (χ2v) is 19.4. The number of thioether (sulfide) groups is 2. The van der Waals surface area contributed by atoms with Crippen molar-refractivity contribution in [2.45, 2.75) is 145 Å². The van der Waals surface area contributed by atoms with Gasteiger partial charge in [0.05, 0.1) is 16.9 Å². The van der Waals surface area contributed by atoms with Gasteiger partial charge >= 0.3 is 11.9 Å². The van der Waals surface area contributed by atoms with Crippen molar-refractivity contribution in [3.8, 4) is 5.75 Å². The minimum absolute atomic E-state index is 0.186. The average molecular weight is 630 g/mol. The van der Waals surface area contributed by atoms with Gasteiger partial charge in [0.15, 0.2) is 0 Å². The van der Waals surface area contributed by atoms with E-state index in [1.165, 1.54) is 0 Å². The van der Waals surface area contributed by atoms with Crippen molar-refractivity contribution in [3.63, 3.8) is 0 Å². The molecule has 2 aromatic rings. The van der Waals surface area contributed by atoms with Gasteiger partial charge in [0.1, 0.15) is 11.4 Å². The van der Waals surface area contributed by atoms with Crippen LogP contribution in [0.1, 0.15) is 132 Å². The summed E-state index contributed by atoms with van der Waals surface area (Å²) >= 11 is 3.49. The normalized spacial score (nSPS) is 13.2. The zero-order valence-electron chi connectivity index (χ0n) is 28.6. The first-order valence-electron chi connectivity index (χ1n) is 14.8. The number of hydrogen-bond donors (Lipinski definition) is 1. The van der Waals surface area contributed by atoms with Crippen molar-refractivity contribution in [1.29, 1.82) is 0 Å². The highest BCUT2D eigenvalue weighted by Crippen LogP contribution is 2.51. The Morgan fingerprint density at radius 3 is 1.30 bits per heavy atom. The van der Waals surface area contributed by atoms with E-state index in [2.05, 4.69) is 126 Å². The Hall–Kier alpha value is -2.32. The van der Waals surface area contributed by atoms with Crippen LogP contribution in [-0.4, -0.2) is 21.1 Å². The molecule has 1 N–H and O–H groups in total. The molecule has 238 valence electrons. The molecular weight excluding hydrogens is 579 g/mol. The number of carbonyl (C=O) groups is 2. The zero-order valence-corrected chi connectivity index (χ0v) is 30.2. The third kappa shape index (κ3) is 10.1. The van der Waals surface area contributed by atoms with Crippen LogP contribution in [0.2, 0.25) is 0 Å². The lowest BCUT2D eigenvalue weighted by Gasteiger charge is -2.32. The maximum atomic E-state index is 12.7. The third-order valence-corrected chi connectivity index (χ3v) is 9.38. The van der Waals surface area contributed by atoms with Gasteiger partial charge in [-0.25, -0.2) is 0 Å². The molecule has 0 radical (unpaired) electrons. The Labute approximate surface area is 267 Å². The minimum atomic E-state index is -1.03. The molecule has 0 bridgehead atoms. The molecule has 43 heavy (non-hydrogen) atoms. The topological polar surface area (TPSA) is 93.0 Å². The van der Waals surface area contributed by atoms with Crippen molar-refractivity contribution < 1.29 is 19.4 Å². The Kier molecular flexibility index (Phi) is 11.1. The number of nitroso groups, excluding NO2 is 1. The summed E-state index contributed by atoms with van der Waals surface area (Å²) in [6.07, 6.45) is -0.459. The molecule has 0 fully saturated rings. The Bertz CT molecular complexity index is 1300. The van der Waals surface area contributed by atoms with E-state index >= 15 is 0 Å². The summed E-state index contributed by atoms with van der Waals surface area (Å²) in [6, 6.07) is 8.42. The zero-order chi connectivity index (χ0) is 33.3. The van der Waals surface area contributed by atoms with E-state index in [1.807, 2.05) is 0 Å². The van der Waals surface area contributed by atoms with E-state index in [4.69, 9.17) is 9.84 Å². The molecule has 6 nitrogen and oxygen atoms in total. The molecule has 0 aliphatic rings. The molecule has 2 aromatic carbocycles. The van der Waals surface area contributed by atoms with E-state index in [9.17, 15) is 14.5 Å². The van der Waals surface area contributed by atoms with Crippen LogP contribution in [0.3, 0.4) is 0 Å². The lowest BCUT2D eigenvalue weighted by Crippen LogP contribution is -2.22. The van der Waals surface area contributed by atoms with Crippen LogP contribution in [0.25, 0.3) is 0 Å². The van der Waals surface area contributed by atoms with Gasteiger partial charge in [-0.1, -0.05) is 83.1 Å². The van der Waals surface area contributed by atoms with Crippen LogP contribution in [0.4, 0.5) is 5.69 Å². The average Bonchev–Trinajstić information content (AvgIpc) is 2.79. The Balaban J connectivity index is 2.64. The number of ether oxygens (including phenoxy) is 1. The fourth-order valence-electron chi connectivity index (χ4n) is 4.76. The fraction of sp³-hybridized carbons (Fsp3) is 0.600. The third-order valence-electron chi connectivity index (χ3n) is 6.96. The minimum Gasteiger partial charge on any atom is -0.481 e. The summed E-state index contributed by atoms with van der Waals surface area (Å²) in [5.41, 5.74) is 3.05. The summed E-state index contributed by atoms with van der Waals surface area (Å²) < 4.78 is 5.62. The summed E-state index contributed by atoms with van der Waals surface area (Å²) in [6.45, 7) is 29.5. The molecule has 0 saturated heterocycles. The van der Waals surface area contributed by atoms with E-state index < -0.39 is 11.9 Å². The van der Waals surface area contributed by atoms with Gasteiger partial charge in [-0.15, -0.1) is 28.4 Å². The highest BCUT2D eigenvalue weighted by atomic mass is 32.2. The maximum Gasteiger partial charge on any atom is 0.311 e. The predicted octanol–water partition coefficient (Wildman–Crippen LogP) is 10.7. The first-order valence-corrected chi connectivity index (χ1v) is 16.4. The van der Waals surface area contributed by atoms with E-state index in [1.54, 1.807) is 23.5 Å². The van der Waals surface area contributed by atoms with Gasteiger partial charge in [0.25, 0.3) is 0 Å². The smallest absolute Gasteiger partial charge is 0.311 e. The molecule has 0 spiro atoms. The lowest BCUT2D eigenvalue weighted by atomic mass is 9.79. The van der Waals surface area contributed by atoms with Gasteiger partial charge in [-0.2, -0.15) is 0 Å². The highest BCUT2D eigenvalue weighted by Gasteiger charge is 2.33. The summed E-state index contributed by atoms with van der Waals surface area (Å²) in [7, 11) is 0. The van der Waals surface area contributed by atoms with Crippen LogP contribution in [0, 0.1) is 4.91 Å². The number of carboxylic acids is 1. The quantitative estimate of drug-likeness (QED) is 0.0969. The van der Waals surface area contributed by atoms with Crippen molar-refractivity contribution in [2.24, 2.45) is 5.18 Å². The van der Waals surface area contributed by atoms with Gasteiger partial charge in [-0.05, 0) is 76.1 Å². The van der Waals surface area contributed by atoms with Crippen molar-refractivity contribution in [2.75, 3.05) is 0 Å². The van der Waals surface area contributed by atoms with E-state index in [0.29, 0.717) is 11.4 Å². The second kappa shape index (κ2) is 13.0. The Morgan fingerprint density at radius 1 is 0.651 bits per heavy atom. The van der Waals surface area contributed by atoms with Crippen LogP contribution in [0.5, 0.6) is 5.75 Å². The summed E-state index contributed by atoms with van der Waals surface area (Å²) in [4.78, 5) is 37.9. The number of benzene rings is 2. The van der Waals surface area contributed by atoms with E-state index in [-0.39, 0.29) is 38.6 Å². The SMILES string of the molecule is CC(C)(Sc1cc(C(C)(C)C)c(N=O)c(C(C)(C)C)c1)Sc1cc(C(C)(C)C)c(OC(=O)CCC(=O)O)c(C(C)(C)C)c1. The second-order valence-electron chi connectivity index (χ2n) is 15.8.